The number of guanidine groups is 1. The van der Waals surface area contributed by atoms with Gasteiger partial charge in [-0.1, -0.05) is 26.0 Å². The second-order valence-corrected chi connectivity index (χ2v) is 7.72. The van der Waals surface area contributed by atoms with Crippen LogP contribution in [0, 0.1) is 5.82 Å². The lowest BCUT2D eigenvalue weighted by Gasteiger charge is -2.25. The van der Waals surface area contributed by atoms with Crippen molar-refractivity contribution in [3.63, 3.8) is 0 Å². The number of carbonyl (C=O) groups is 1. The second kappa shape index (κ2) is 12.4. The molecular weight excluding hydrogens is 385 g/mol. The van der Waals surface area contributed by atoms with Gasteiger partial charge < -0.3 is 20.3 Å². The number of nitrogens with zero attached hydrogens (tertiary/aromatic N) is 3. The summed E-state index contributed by atoms with van der Waals surface area (Å²) in [5, 5.41) is 6.64. The lowest BCUT2D eigenvalue weighted by molar-refractivity contribution is -0.127. The molecule has 1 aliphatic heterocycles. The number of rotatable bonds is 10. The zero-order valence-corrected chi connectivity index (χ0v) is 18.7. The Bertz CT molecular complexity index is 698. The van der Waals surface area contributed by atoms with Crippen molar-refractivity contribution in [2.45, 2.75) is 45.3 Å². The highest BCUT2D eigenvalue weighted by molar-refractivity contribution is 5.84. The molecule has 0 bridgehead atoms. The summed E-state index contributed by atoms with van der Waals surface area (Å²) in [7, 11) is 3.43. The van der Waals surface area contributed by atoms with E-state index in [0.717, 1.165) is 26.1 Å². The van der Waals surface area contributed by atoms with Crippen molar-refractivity contribution in [3.8, 4) is 5.75 Å². The van der Waals surface area contributed by atoms with Gasteiger partial charge in [-0.2, -0.15) is 0 Å². The Labute approximate surface area is 179 Å². The smallest absolute Gasteiger partial charge is 0.243 e. The van der Waals surface area contributed by atoms with Crippen molar-refractivity contribution in [1.82, 2.24) is 20.4 Å². The Kier molecular flexibility index (Phi) is 9.86. The van der Waals surface area contributed by atoms with Gasteiger partial charge in [0.2, 0.25) is 5.91 Å². The summed E-state index contributed by atoms with van der Waals surface area (Å²) in [6.45, 7) is 7.60. The fraction of sp³-hybridized carbons (Fsp3) is 0.636. The topological polar surface area (TPSA) is 69.2 Å². The van der Waals surface area contributed by atoms with E-state index in [1.807, 2.05) is 6.92 Å². The van der Waals surface area contributed by atoms with Crippen molar-refractivity contribution in [1.29, 1.82) is 0 Å². The number of benzene rings is 1. The number of nitrogens with one attached hydrogen (secondary N) is 2. The van der Waals surface area contributed by atoms with Gasteiger partial charge in [-0.05, 0) is 44.5 Å². The summed E-state index contributed by atoms with van der Waals surface area (Å²) < 4.78 is 19.7. The minimum absolute atomic E-state index is 0.0649. The SMILES string of the molecule is CCC(CNC(=NCC(=O)N(C)C)NCC1CCCN1CC)Oc1ccccc1F. The molecule has 2 atom stereocenters. The van der Waals surface area contributed by atoms with Gasteiger partial charge in [0.05, 0.1) is 6.54 Å². The minimum Gasteiger partial charge on any atom is -0.486 e. The van der Waals surface area contributed by atoms with Crippen molar-refractivity contribution < 1.29 is 13.9 Å². The normalized spacial score (nSPS) is 18.2. The second-order valence-electron chi connectivity index (χ2n) is 7.72. The standard InChI is InChI=1S/C22H36FN5O2/c1-5-18(30-20-12-8-7-11-19(20)23)15-25-22(26-16-21(29)27(3)4)24-14-17-10-9-13-28(17)6-2/h7-8,11-12,17-18H,5-6,9-10,13-16H2,1-4H3,(H2,24,25,26). The molecule has 7 nitrogen and oxygen atoms in total. The van der Waals surface area contributed by atoms with E-state index < -0.39 is 0 Å². The molecule has 0 aromatic heterocycles. The van der Waals surface area contributed by atoms with Crippen LogP contribution in [0.25, 0.3) is 0 Å². The first kappa shape index (κ1) is 23.9. The Morgan fingerprint density at radius 1 is 1.33 bits per heavy atom. The molecule has 1 aromatic carbocycles. The maximum atomic E-state index is 13.9. The van der Waals surface area contributed by atoms with Crippen LogP contribution in [-0.2, 0) is 4.79 Å². The lowest BCUT2D eigenvalue weighted by Crippen LogP contribution is -2.47. The van der Waals surface area contributed by atoms with Crippen molar-refractivity contribution >= 4 is 11.9 Å². The highest BCUT2D eigenvalue weighted by Gasteiger charge is 2.23. The van der Waals surface area contributed by atoms with Crippen molar-refractivity contribution in [2.75, 3.05) is 46.8 Å². The molecule has 0 aliphatic carbocycles. The van der Waals surface area contributed by atoms with E-state index in [4.69, 9.17) is 4.74 Å². The molecule has 0 spiro atoms. The van der Waals surface area contributed by atoms with Crippen molar-refractivity contribution in [3.05, 3.63) is 30.1 Å². The molecule has 1 amide bonds. The summed E-state index contributed by atoms with van der Waals surface area (Å²) in [6.07, 6.45) is 2.83. The zero-order valence-electron chi connectivity index (χ0n) is 18.7. The number of amides is 1. The largest absolute Gasteiger partial charge is 0.486 e. The van der Waals surface area contributed by atoms with Crippen LogP contribution in [0.15, 0.2) is 29.3 Å². The number of likely N-dealkylation sites (tertiary alicyclic amines) is 1. The van der Waals surface area contributed by atoms with Gasteiger partial charge in [0.1, 0.15) is 12.6 Å². The van der Waals surface area contributed by atoms with Gasteiger partial charge in [0.15, 0.2) is 17.5 Å². The zero-order chi connectivity index (χ0) is 21.9. The molecule has 1 aromatic rings. The highest BCUT2D eigenvalue weighted by atomic mass is 19.1. The van der Waals surface area contributed by atoms with E-state index in [-0.39, 0.29) is 30.1 Å². The predicted octanol–water partition coefficient (Wildman–Crippen LogP) is 2.09. The van der Waals surface area contributed by atoms with Crippen LogP contribution in [0.4, 0.5) is 4.39 Å². The predicted molar refractivity (Wildman–Crippen MR) is 118 cm³/mol. The number of aliphatic imine (C=N–C) groups is 1. The Balaban J connectivity index is 1.97. The van der Waals surface area contributed by atoms with Gasteiger partial charge in [-0.25, -0.2) is 9.38 Å². The van der Waals surface area contributed by atoms with Crippen LogP contribution in [0.2, 0.25) is 0 Å². The number of halogens is 1. The number of hydrogen-bond acceptors (Lipinski definition) is 4. The van der Waals surface area contributed by atoms with Gasteiger partial charge in [0, 0.05) is 26.7 Å². The van der Waals surface area contributed by atoms with Crippen LogP contribution in [0.5, 0.6) is 5.75 Å². The fourth-order valence-electron chi connectivity index (χ4n) is 3.42. The number of likely N-dealkylation sites (N-methyl/N-ethyl adjacent to an activating group) is 2. The lowest BCUT2D eigenvalue weighted by atomic mass is 10.2. The molecule has 2 unspecified atom stereocenters. The molecule has 0 saturated carbocycles. The summed E-state index contributed by atoms with van der Waals surface area (Å²) in [6, 6.07) is 6.86. The first-order valence-electron chi connectivity index (χ1n) is 10.8. The molecule has 2 rings (SSSR count). The maximum absolute atomic E-state index is 13.9. The average Bonchev–Trinajstić information content (AvgIpc) is 3.20. The number of ether oxygens (including phenoxy) is 1. The summed E-state index contributed by atoms with van der Waals surface area (Å²) in [4.78, 5) is 20.4. The highest BCUT2D eigenvalue weighted by Crippen LogP contribution is 2.18. The average molecular weight is 422 g/mol. The molecule has 168 valence electrons. The third-order valence-corrected chi connectivity index (χ3v) is 5.36. The molecule has 8 heteroatoms. The molecule has 1 fully saturated rings. The molecule has 1 aliphatic rings. The maximum Gasteiger partial charge on any atom is 0.243 e. The molecule has 0 radical (unpaired) electrons. The Hall–Kier alpha value is -2.35. The van der Waals surface area contributed by atoms with Crippen LogP contribution >= 0.6 is 0 Å². The van der Waals surface area contributed by atoms with Gasteiger partial charge in [0.25, 0.3) is 0 Å². The first-order chi connectivity index (χ1) is 14.4. The first-order valence-corrected chi connectivity index (χ1v) is 10.8. The molecule has 1 saturated heterocycles. The van der Waals surface area contributed by atoms with Gasteiger partial charge >= 0.3 is 0 Å². The van der Waals surface area contributed by atoms with E-state index in [1.165, 1.54) is 17.4 Å². The number of para-hydroxylation sites is 1. The van der Waals surface area contributed by atoms with Crippen LogP contribution in [0.1, 0.15) is 33.1 Å². The molecule has 2 N–H and O–H groups in total. The van der Waals surface area contributed by atoms with E-state index in [9.17, 15) is 9.18 Å². The third kappa shape index (κ3) is 7.48. The summed E-state index contributed by atoms with van der Waals surface area (Å²) in [5.74, 6) is 0.371. The Morgan fingerprint density at radius 2 is 2.10 bits per heavy atom. The summed E-state index contributed by atoms with van der Waals surface area (Å²) >= 11 is 0. The number of carbonyl (C=O) groups excluding carboxylic acids is 1. The third-order valence-electron chi connectivity index (χ3n) is 5.36. The van der Waals surface area contributed by atoms with Gasteiger partial charge in [-0.3, -0.25) is 9.69 Å². The summed E-state index contributed by atoms with van der Waals surface area (Å²) in [5.41, 5.74) is 0. The minimum atomic E-state index is -0.375. The van der Waals surface area contributed by atoms with E-state index >= 15 is 0 Å². The monoisotopic (exact) mass is 421 g/mol. The van der Waals surface area contributed by atoms with Crippen LogP contribution in [-0.4, -0.2) is 80.6 Å². The Morgan fingerprint density at radius 3 is 2.77 bits per heavy atom. The molecule has 1 heterocycles. The number of hydrogen-bond donors (Lipinski definition) is 2. The van der Waals surface area contributed by atoms with E-state index in [0.29, 0.717) is 25.0 Å². The quantitative estimate of drug-likeness (QED) is 0.447. The van der Waals surface area contributed by atoms with Crippen LogP contribution in [0.3, 0.4) is 0 Å². The van der Waals surface area contributed by atoms with Crippen molar-refractivity contribution in [2.24, 2.45) is 4.99 Å². The van der Waals surface area contributed by atoms with E-state index in [2.05, 4.69) is 27.4 Å². The molecule has 30 heavy (non-hydrogen) atoms. The van der Waals surface area contributed by atoms with Gasteiger partial charge in [-0.15, -0.1) is 0 Å². The molecular formula is C22H36FN5O2. The fourth-order valence-corrected chi connectivity index (χ4v) is 3.42. The van der Waals surface area contributed by atoms with E-state index in [1.54, 1.807) is 32.3 Å². The van der Waals surface area contributed by atoms with Crippen LogP contribution < -0.4 is 15.4 Å².